The van der Waals surface area contributed by atoms with E-state index in [1.54, 1.807) is 43.3 Å². The first-order valence-corrected chi connectivity index (χ1v) is 6.80. The lowest BCUT2D eigenvalue weighted by Gasteiger charge is -2.10. The lowest BCUT2D eigenvalue weighted by atomic mass is 10.2. The van der Waals surface area contributed by atoms with Crippen molar-refractivity contribution in [3.8, 4) is 5.75 Å². The normalized spacial score (nSPS) is 10.5. The Bertz CT molecular complexity index is 636. The highest BCUT2D eigenvalue weighted by Gasteiger charge is 2.08. The number of aryl methyl sites for hydroxylation is 1. The third kappa shape index (κ3) is 4.05. The number of halogens is 1. The number of anilines is 1. The van der Waals surface area contributed by atoms with Crippen molar-refractivity contribution >= 4 is 11.6 Å². The molecule has 0 aliphatic heterocycles. The molecule has 0 spiro atoms. The first-order chi connectivity index (χ1) is 9.95. The fourth-order valence-corrected chi connectivity index (χ4v) is 1.83. The Hall–Kier alpha value is -2.36. The molecule has 0 atom stereocenters. The monoisotopic (exact) mass is 287 g/mol. The topological polar surface area (TPSA) is 38.3 Å². The third-order valence-electron chi connectivity index (χ3n) is 2.92. The van der Waals surface area contributed by atoms with Crippen molar-refractivity contribution in [2.24, 2.45) is 0 Å². The third-order valence-corrected chi connectivity index (χ3v) is 2.92. The van der Waals surface area contributed by atoms with Crippen LogP contribution in [0.3, 0.4) is 0 Å². The SMILES string of the molecule is Cc1ccc(NC(=O)c2ccc(OC(C)C)cc2)cc1F. The van der Waals surface area contributed by atoms with Gasteiger partial charge in [0.2, 0.25) is 0 Å². The van der Waals surface area contributed by atoms with E-state index in [1.807, 2.05) is 13.8 Å². The molecule has 0 fully saturated rings. The van der Waals surface area contributed by atoms with Gasteiger partial charge in [0, 0.05) is 11.3 Å². The molecule has 2 aromatic rings. The minimum atomic E-state index is -0.339. The van der Waals surface area contributed by atoms with Gasteiger partial charge in [0.25, 0.3) is 5.91 Å². The second kappa shape index (κ2) is 6.39. The van der Waals surface area contributed by atoms with E-state index >= 15 is 0 Å². The van der Waals surface area contributed by atoms with Gasteiger partial charge in [-0.15, -0.1) is 0 Å². The van der Waals surface area contributed by atoms with Crippen molar-refractivity contribution in [1.29, 1.82) is 0 Å². The minimum absolute atomic E-state index is 0.0835. The van der Waals surface area contributed by atoms with E-state index in [9.17, 15) is 9.18 Å². The molecule has 0 aliphatic carbocycles. The Morgan fingerprint density at radius 2 is 1.81 bits per heavy atom. The number of hydrogen-bond acceptors (Lipinski definition) is 2. The van der Waals surface area contributed by atoms with Crippen molar-refractivity contribution < 1.29 is 13.9 Å². The summed E-state index contributed by atoms with van der Waals surface area (Å²) in [5.41, 5.74) is 1.47. The smallest absolute Gasteiger partial charge is 0.255 e. The molecule has 1 N–H and O–H groups in total. The van der Waals surface area contributed by atoms with E-state index in [2.05, 4.69) is 5.32 Å². The molecular formula is C17H18FNO2. The summed E-state index contributed by atoms with van der Waals surface area (Å²) in [6.07, 6.45) is 0.0835. The zero-order valence-corrected chi connectivity index (χ0v) is 12.3. The summed E-state index contributed by atoms with van der Waals surface area (Å²) in [6, 6.07) is 11.4. The van der Waals surface area contributed by atoms with Crippen LogP contribution in [-0.2, 0) is 0 Å². The number of benzene rings is 2. The second-order valence-corrected chi connectivity index (χ2v) is 5.11. The molecular weight excluding hydrogens is 269 g/mol. The van der Waals surface area contributed by atoms with Crippen molar-refractivity contribution in [3.05, 3.63) is 59.4 Å². The molecule has 2 aromatic carbocycles. The molecule has 1 amide bonds. The van der Waals surface area contributed by atoms with E-state index in [4.69, 9.17) is 4.74 Å². The van der Waals surface area contributed by atoms with Crippen molar-refractivity contribution in [1.82, 2.24) is 0 Å². The van der Waals surface area contributed by atoms with Gasteiger partial charge in [0.05, 0.1) is 6.10 Å². The molecule has 3 nitrogen and oxygen atoms in total. The molecule has 2 rings (SSSR count). The Balaban J connectivity index is 2.07. The van der Waals surface area contributed by atoms with E-state index in [0.717, 1.165) is 0 Å². The van der Waals surface area contributed by atoms with Gasteiger partial charge in [0.1, 0.15) is 11.6 Å². The quantitative estimate of drug-likeness (QED) is 0.916. The molecule has 110 valence electrons. The number of rotatable bonds is 4. The van der Waals surface area contributed by atoms with Crippen LogP contribution in [-0.4, -0.2) is 12.0 Å². The van der Waals surface area contributed by atoms with Crippen molar-refractivity contribution in [2.45, 2.75) is 26.9 Å². The van der Waals surface area contributed by atoms with E-state index < -0.39 is 0 Å². The largest absolute Gasteiger partial charge is 0.491 e. The summed E-state index contributed by atoms with van der Waals surface area (Å²) in [6.45, 7) is 5.55. The molecule has 0 saturated carbocycles. The van der Waals surface area contributed by atoms with Crippen molar-refractivity contribution in [2.75, 3.05) is 5.32 Å². The van der Waals surface area contributed by atoms with Crippen LogP contribution in [0.5, 0.6) is 5.75 Å². The van der Waals surface area contributed by atoms with Gasteiger partial charge >= 0.3 is 0 Å². The predicted molar refractivity (Wildman–Crippen MR) is 81.3 cm³/mol. The van der Waals surface area contributed by atoms with Crippen LogP contribution in [0, 0.1) is 12.7 Å². The fourth-order valence-electron chi connectivity index (χ4n) is 1.83. The Labute approximate surface area is 123 Å². The van der Waals surface area contributed by atoms with Gasteiger partial charge in [-0.1, -0.05) is 6.07 Å². The number of ether oxygens (including phenoxy) is 1. The molecule has 4 heteroatoms. The summed E-state index contributed by atoms with van der Waals surface area (Å²) in [4.78, 5) is 12.1. The van der Waals surface area contributed by atoms with Crippen LogP contribution >= 0.6 is 0 Å². The predicted octanol–water partition coefficient (Wildman–Crippen LogP) is 4.17. The Morgan fingerprint density at radius 1 is 1.14 bits per heavy atom. The average Bonchev–Trinajstić information content (AvgIpc) is 2.43. The second-order valence-electron chi connectivity index (χ2n) is 5.11. The van der Waals surface area contributed by atoms with E-state index in [1.165, 1.54) is 6.07 Å². The number of amides is 1. The zero-order chi connectivity index (χ0) is 15.4. The minimum Gasteiger partial charge on any atom is -0.491 e. The highest BCUT2D eigenvalue weighted by Crippen LogP contribution is 2.17. The number of carbonyl (C=O) groups excluding carboxylic acids is 1. The van der Waals surface area contributed by atoms with Gasteiger partial charge in [-0.25, -0.2) is 4.39 Å². The van der Waals surface area contributed by atoms with Gasteiger partial charge in [-0.05, 0) is 62.7 Å². The highest BCUT2D eigenvalue weighted by atomic mass is 19.1. The Morgan fingerprint density at radius 3 is 2.38 bits per heavy atom. The van der Waals surface area contributed by atoms with Gasteiger partial charge in [-0.3, -0.25) is 4.79 Å². The molecule has 0 heterocycles. The van der Waals surface area contributed by atoms with Gasteiger partial charge in [-0.2, -0.15) is 0 Å². The van der Waals surface area contributed by atoms with Gasteiger partial charge in [0.15, 0.2) is 0 Å². The van der Waals surface area contributed by atoms with Gasteiger partial charge < -0.3 is 10.1 Å². The average molecular weight is 287 g/mol. The number of nitrogens with one attached hydrogen (secondary N) is 1. The maximum absolute atomic E-state index is 13.4. The summed E-state index contributed by atoms with van der Waals surface area (Å²) >= 11 is 0. The Kier molecular flexibility index (Phi) is 4.58. The standard InChI is InChI=1S/C17H18FNO2/c1-11(2)21-15-8-5-13(6-9-15)17(20)19-14-7-4-12(3)16(18)10-14/h4-11H,1-3H3,(H,19,20). The molecule has 0 aliphatic rings. The molecule has 0 bridgehead atoms. The molecule has 0 radical (unpaired) electrons. The van der Waals surface area contributed by atoms with Crippen LogP contribution in [0.15, 0.2) is 42.5 Å². The maximum Gasteiger partial charge on any atom is 0.255 e. The van der Waals surface area contributed by atoms with E-state index in [0.29, 0.717) is 22.6 Å². The first-order valence-electron chi connectivity index (χ1n) is 6.80. The van der Waals surface area contributed by atoms with Crippen molar-refractivity contribution in [3.63, 3.8) is 0 Å². The van der Waals surface area contributed by atoms with Crippen LogP contribution in [0.1, 0.15) is 29.8 Å². The summed E-state index contributed by atoms with van der Waals surface area (Å²) < 4.78 is 19.0. The summed E-state index contributed by atoms with van der Waals surface area (Å²) in [5, 5.41) is 2.67. The van der Waals surface area contributed by atoms with Crippen LogP contribution < -0.4 is 10.1 Å². The lowest BCUT2D eigenvalue weighted by Crippen LogP contribution is -2.12. The van der Waals surface area contributed by atoms with Crippen LogP contribution in [0.25, 0.3) is 0 Å². The molecule has 0 saturated heterocycles. The van der Waals surface area contributed by atoms with Crippen LogP contribution in [0.2, 0.25) is 0 Å². The zero-order valence-electron chi connectivity index (χ0n) is 12.3. The summed E-state index contributed by atoms with van der Waals surface area (Å²) in [7, 11) is 0. The highest BCUT2D eigenvalue weighted by molar-refractivity contribution is 6.04. The van der Waals surface area contributed by atoms with E-state index in [-0.39, 0.29) is 17.8 Å². The molecule has 0 aromatic heterocycles. The number of hydrogen-bond donors (Lipinski definition) is 1. The fraction of sp³-hybridized carbons (Fsp3) is 0.235. The first kappa shape index (κ1) is 15.0. The molecule has 0 unspecified atom stereocenters. The summed E-state index contributed by atoms with van der Waals surface area (Å²) in [5.74, 6) is 0.0887. The van der Waals surface area contributed by atoms with Crippen LogP contribution in [0.4, 0.5) is 10.1 Å². The lowest BCUT2D eigenvalue weighted by molar-refractivity contribution is 0.102. The number of carbonyl (C=O) groups is 1. The molecule has 21 heavy (non-hydrogen) atoms. The maximum atomic E-state index is 13.4.